The van der Waals surface area contributed by atoms with Gasteiger partial charge in [-0.15, -0.1) is 10.2 Å². The van der Waals surface area contributed by atoms with E-state index in [2.05, 4.69) is 20.4 Å². The maximum absolute atomic E-state index is 4.33. The molecule has 0 amide bonds. The molecule has 2 heterocycles. The van der Waals surface area contributed by atoms with E-state index in [1.54, 1.807) is 0 Å². The number of benzene rings is 1. The zero-order chi connectivity index (χ0) is 7.97. The minimum absolute atomic E-state index is 0.847. The van der Waals surface area contributed by atoms with Crippen molar-refractivity contribution in [2.75, 3.05) is 6.54 Å². The zero-order valence-electron chi connectivity index (χ0n) is 6.36. The molecule has 1 aromatic carbocycles. The second-order valence-electron chi connectivity index (χ2n) is 2.89. The molecule has 0 atom stereocenters. The molecule has 4 heteroatoms. The molecule has 0 N–H and O–H groups in total. The summed E-state index contributed by atoms with van der Waals surface area (Å²) in [6.07, 6.45) is 1.03. The third-order valence-electron chi connectivity index (χ3n) is 2.14. The highest BCUT2D eigenvalue weighted by Gasteiger charge is 2.09. The lowest BCUT2D eigenvalue weighted by Gasteiger charge is -1.90. The molecule has 4 nitrogen and oxygen atoms in total. The minimum atomic E-state index is 0.847. The summed E-state index contributed by atoms with van der Waals surface area (Å²) < 4.78 is 0. The quantitative estimate of drug-likeness (QED) is 0.527. The van der Waals surface area contributed by atoms with Crippen LogP contribution in [0, 0.1) is 0 Å². The van der Waals surface area contributed by atoms with Crippen LogP contribution < -0.4 is 10.7 Å². The zero-order valence-corrected chi connectivity index (χ0v) is 6.36. The second kappa shape index (κ2) is 1.97. The largest absolute Gasteiger partial charge is 0.285 e. The third kappa shape index (κ3) is 0.664. The highest BCUT2D eigenvalue weighted by molar-refractivity contribution is 5.39. The predicted octanol–water partition coefficient (Wildman–Crippen LogP) is 0.494. The van der Waals surface area contributed by atoms with Crippen LogP contribution in [0.3, 0.4) is 0 Å². The molecule has 0 aliphatic carbocycles. The van der Waals surface area contributed by atoms with E-state index in [9.17, 15) is 0 Å². The molecule has 0 radical (unpaired) electrons. The molecule has 0 aromatic heterocycles. The molecule has 2 aliphatic rings. The monoisotopic (exact) mass is 158 g/mol. The molecule has 0 bridgehead atoms. The van der Waals surface area contributed by atoms with E-state index in [4.69, 9.17) is 0 Å². The van der Waals surface area contributed by atoms with Crippen molar-refractivity contribution >= 4 is 5.69 Å². The van der Waals surface area contributed by atoms with Gasteiger partial charge in [0.15, 0.2) is 0 Å². The van der Waals surface area contributed by atoms with Crippen LogP contribution in [0.2, 0.25) is 0 Å². The van der Waals surface area contributed by atoms with Crippen LogP contribution in [0.15, 0.2) is 32.6 Å². The summed E-state index contributed by atoms with van der Waals surface area (Å²) in [7, 11) is 0. The van der Waals surface area contributed by atoms with E-state index >= 15 is 0 Å². The minimum Gasteiger partial charge on any atom is -0.285 e. The number of fused-ring (bicyclic) bond motifs is 2. The van der Waals surface area contributed by atoms with E-state index in [1.807, 2.05) is 12.1 Å². The maximum atomic E-state index is 4.33. The molecule has 0 spiro atoms. The van der Waals surface area contributed by atoms with Gasteiger partial charge in [0.1, 0.15) is 11.0 Å². The van der Waals surface area contributed by atoms with Gasteiger partial charge in [-0.1, -0.05) is 0 Å². The van der Waals surface area contributed by atoms with E-state index in [-0.39, 0.29) is 0 Å². The Labute approximate surface area is 68.4 Å². The van der Waals surface area contributed by atoms with Gasteiger partial charge in [0.25, 0.3) is 0 Å². The van der Waals surface area contributed by atoms with E-state index in [0.717, 1.165) is 29.4 Å². The molecule has 58 valence electrons. The van der Waals surface area contributed by atoms with Crippen molar-refractivity contribution in [3.05, 3.63) is 28.4 Å². The first kappa shape index (κ1) is 5.99. The van der Waals surface area contributed by atoms with Crippen molar-refractivity contribution in [1.82, 2.24) is 0 Å². The normalized spacial score (nSPS) is 16.7. The van der Waals surface area contributed by atoms with Crippen LogP contribution >= 0.6 is 0 Å². The van der Waals surface area contributed by atoms with Crippen molar-refractivity contribution < 1.29 is 0 Å². The van der Waals surface area contributed by atoms with Gasteiger partial charge in [-0.2, -0.15) is 0 Å². The average molecular weight is 158 g/mol. The Morgan fingerprint density at radius 1 is 1.17 bits per heavy atom. The lowest BCUT2D eigenvalue weighted by molar-refractivity contribution is 1.02. The smallest absolute Gasteiger partial charge is 0.117 e. The van der Waals surface area contributed by atoms with Gasteiger partial charge < -0.3 is 0 Å². The Bertz CT molecular complexity index is 487. The maximum Gasteiger partial charge on any atom is 0.117 e. The van der Waals surface area contributed by atoms with Crippen LogP contribution in [-0.4, -0.2) is 6.54 Å². The fourth-order valence-corrected chi connectivity index (χ4v) is 1.53. The van der Waals surface area contributed by atoms with Gasteiger partial charge in [0.05, 0.1) is 5.36 Å². The van der Waals surface area contributed by atoms with Crippen molar-refractivity contribution in [2.45, 2.75) is 6.42 Å². The Morgan fingerprint density at radius 3 is 3.17 bits per heavy atom. The third-order valence-corrected chi connectivity index (χ3v) is 2.14. The highest BCUT2D eigenvalue weighted by atomic mass is 15.4. The summed E-state index contributed by atoms with van der Waals surface area (Å²) in [5, 5.41) is 13.3. The van der Waals surface area contributed by atoms with Crippen LogP contribution in [0.1, 0.15) is 5.56 Å². The van der Waals surface area contributed by atoms with Crippen LogP contribution in [0.4, 0.5) is 5.69 Å². The Hall–Kier alpha value is -1.58. The van der Waals surface area contributed by atoms with Crippen LogP contribution in [-0.2, 0) is 6.42 Å². The first-order chi connectivity index (χ1) is 5.93. The summed E-state index contributed by atoms with van der Waals surface area (Å²) in [4.78, 5) is 4.33. The fourth-order valence-electron chi connectivity index (χ4n) is 1.53. The molecule has 0 unspecified atom stereocenters. The van der Waals surface area contributed by atoms with Gasteiger partial charge in [-0.25, -0.2) is 0 Å². The Balaban J connectivity index is 2.45. The molecular weight excluding hydrogens is 152 g/mol. The van der Waals surface area contributed by atoms with Crippen LogP contribution in [0.25, 0.3) is 0 Å². The molecular formula is C8H6N4. The Morgan fingerprint density at radius 2 is 2.17 bits per heavy atom. The second-order valence-corrected chi connectivity index (χ2v) is 2.89. The summed E-state index contributed by atoms with van der Waals surface area (Å²) in [6, 6.07) is 3.98. The van der Waals surface area contributed by atoms with Gasteiger partial charge in [0.2, 0.25) is 0 Å². The van der Waals surface area contributed by atoms with E-state index in [1.165, 1.54) is 5.56 Å². The SMILES string of the molecule is c1c2c(cc3c1=NCC3)=NN=N2. The topological polar surface area (TPSA) is 49.4 Å². The summed E-state index contributed by atoms with van der Waals surface area (Å²) in [6.45, 7) is 0.898. The fraction of sp³-hybridized carbons (Fsp3) is 0.250. The standard InChI is InChI=1S/C8H6N4/c1-2-9-6-4-8-7(3-5(1)6)10-12-11-8/h3-4H,1-2H2. The lowest BCUT2D eigenvalue weighted by Crippen LogP contribution is -2.10. The molecule has 2 aliphatic heterocycles. The molecule has 12 heavy (non-hydrogen) atoms. The van der Waals surface area contributed by atoms with Crippen molar-refractivity contribution in [2.24, 2.45) is 20.4 Å². The molecule has 0 saturated heterocycles. The van der Waals surface area contributed by atoms with E-state index in [0.29, 0.717) is 0 Å². The summed E-state index contributed by atoms with van der Waals surface area (Å²) >= 11 is 0. The van der Waals surface area contributed by atoms with Crippen molar-refractivity contribution in [3.63, 3.8) is 0 Å². The van der Waals surface area contributed by atoms with Gasteiger partial charge >= 0.3 is 0 Å². The predicted molar refractivity (Wildman–Crippen MR) is 41.8 cm³/mol. The summed E-state index contributed by atoms with van der Waals surface area (Å²) in [5.74, 6) is 0. The molecule has 3 rings (SSSR count). The highest BCUT2D eigenvalue weighted by Crippen LogP contribution is 2.10. The number of hydrogen-bond acceptors (Lipinski definition) is 4. The van der Waals surface area contributed by atoms with E-state index < -0.39 is 0 Å². The summed E-state index contributed by atoms with van der Waals surface area (Å²) in [5.41, 5.74) is 2.12. The molecule has 0 saturated carbocycles. The van der Waals surface area contributed by atoms with Gasteiger partial charge in [-0.3, -0.25) is 4.99 Å². The van der Waals surface area contributed by atoms with Crippen molar-refractivity contribution in [1.29, 1.82) is 0 Å². The number of rotatable bonds is 0. The van der Waals surface area contributed by atoms with Gasteiger partial charge in [-0.05, 0) is 29.3 Å². The number of nitrogens with zero attached hydrogens (tertiary/aromatic N) is 4. The molecule has 1 aromatic rings. The first-order valence-corrected chi connectivity index (χ1v) is 3.90. The van der Waals surface area contributed by atoms with Gasteiger partial charge in [0, 0.05) is 6.54 Å². The number of hydrogen-bond donors (Lipinski definition) is 0. The van der Waals surface area contributed by atoms with Crippen molar-refractivity contribution in [3.8, 4) is 0 Å². The Kier molecular flexibility index (Phi) is 0.983. The first-order valence-electron chi connectivity index (χ1n) is 3.90. The molecule has 0 fully saturated rings. The lowest BCUT2D eigenvalue weighted by atomic mass is 10.1. The average Bonchev–Trinajstić information content (AvgIpc) is 2.64. The van der Waals surface area contributed by atoms with Crippen LogP contribution in [0.5, 0.6) is 0 Å².